The third-order valence-corrected chi connectivity index (χ3v) is 2.90. The second-order valence-electron chi connectivity index (χ2n) is 4.80. The van der Waals surface area contributed by atoms with Crippen molar-refractivity contribution in [3.05, 3.63) is 0 Å². The highest BCUT2D eigenvalue weighted by Gasteiger charge is 2.04. The summed E-state index contributed by atoms with van der Waals surface area (Å²) in [6.45, 7) is 3.85. The maximum Gasteiger partial charge on any atom is 0.233 e. The van der Waals surface area contributed by atoms with Gasteiger partial charge in [0.05, 0.1) is 19.3 Å². The Morgan fingerprint density at radius 3 is 2.58 bits per heavy atom. The van der Waals surface area contributed by atoms with Crippen LogP contribution < -0.4 is 10.6 Å². The summed E-state index contributed by atoms with van der Waals surface area (Å²) < 4.78 is 5.40. The molecule has 5 nitrogen and oxygen atoms in total. The molecule has 114 valence electrons. The smallest absolute Gasteiger partial charge is 0.233 e. The normalized spacial score (nSPS) is 12.4. The van der Waals surface area contributed by atoms with Crippen molar-refractivity contribution in [2.24, 2.45) is 0 Å². The van der Waals surface area contributed by atoms with Gasteiger partial charge in [-0.1, -0.05) is 39.0 Å². The lowest BCUT2D eigenvalue weighted by Gasteiger charge is -2.12. The first-order valence-corrected chi connectivity index (χ1v) is 7.37. The lowest BCUT2D eigenvalue weighted by molar-refractivity contribution is -0.119. The van der Waals surface area contributed by atoms with E-state index in [0.29, 0.717) is 19.8 Å². The zero-order valence-corrected chi connectivity index (χ0v) is 12.4. The molecule has 0 fully saturated rings. The average Bonchev–Trinajstić information content (AvgIpc) is 2.41. The van der Waals surface area contributed by atoms with Crippen molar-refractivity contribution in [1.29, 1.82) is 0 Å². The highest BCUT2D eigenvalue weighted by molar-refractivity contribution is 5.77. The number of carbonyl (C=O) groups excluding carboxylic acids is 1. The lowest BCUT2D eigenvalue weighted by atomic mass is 10.1. The Labute approximate surface area is 117 Å². The fraction of sp³-hybridized carbons (Fsp3) is 0.929. The number of hydrogen-bond acceptors (Lipinski definition) is 4. The third-order valence-electron chi connectivity index (χ3n) is 2.90. The van der Waals surface area contributed by atoms with Crippen LogP contribution in [0.3, 0.4) is 0 Å². The molecule has 19 heavy (non-hydrogen) atoms. The first-order valence-electron chi connectivity index (χ1n) is 7.37. The second-order valence-corrected chi connectivity index (χ2v) is 4.80. The standard InChI is InChI=1S/C14H30N2O3/c1-3-4-5-6-7-8-9-19-12-13(17)10-16-11-14(18)15-2/h13,16-17H,3-12H2,1-2H3,(H,15,18). The fourth-order valence-electron chi connectivity index (χ4n) is 1.70. The molecule has 1 unspecified atom stereocenters. The van der Waals surface area contributed by atoms with Crippen LogP contribution in [0.1, 0.15) is 45.4 Å². The van der Waals surface area contributed by atoms with Gasteiger partial charge in [0.15, 0.2) is 0 Å². The van der Waals surface area contributed by atoms with Gasteiger partial charge in [0, 0.05) is 20.2 Å². The minimum Gasteiger partial charge on any atom is -0.389 e. The van der Waals surface area contributed by atoms with E-state index in [1.807, 2.05) is 0 Å². The molecule has 0 aromatic carbocycles. The number of aliphatic hydroxyl groups excluding tert-OH is 1. The van der Waals surface area contributed by atoms with Gasteiger partial charge in [0.2, 0.25) is 5.91 Å². The number of hydrogen-bond donors (Lipinski definition) is 3. The topological polar surface area (TPSA) is 70.6 Å². The van der Waals surface area contributed by atoms with Crippen molar-refractivity contribution in [2.45, 2.75) is 51.6 Å². The molecule has 0 aromatic heterocycles. The average molecular weight is 274 g/mol. The van der Waals surface area contributed by atoms with Crippen LogP contribution in [0.15, 0.2) is 0 Å². The Morgan fingerprint density at radius 1 is 1.21 bits per heavy atom. The van der Waals surface area contributed by atoms with Crippen LogP contribution in [-0.4, -0.2) is 50.5 Å². The molecule has 0 aliphatic rings. The van der Waals surface area contributed by atoms with Crippen molar-refractivity contribution < 1.29 is 14.6 Å². The van der Waals surface area contributed by atoms with Gasteiger partial charge in [-0.25, -0.2) is 0 Å². The molecule has 0 rings (SSSR count). The summed E-state index contributed by atoms with van der Waals surface area (Å²) in [5.74, 6) is -0.0832. The predicted molar refractivity (Wildman–Crippen MR) is 77.1 cm³/mol. The molecule has 0 spiro atoms. The number of aliphatic hydroxyl groups is 1. The van der Waals surface area contributed by atoms with Crippen LogP contribution in [0, 0.1) is 0 Å². The molecule has 0 aliphatic carbocycles. The van der Waals surface area contributed by atoms with Crippen LogP contribution in [0.2, 0.25) is 0 Å². The SMILES string of the molecule is CCCCCCCCOCC(O)CNCC(=O)NC. The predicted octanol–water partition coefficient (Wildman–Crippen LogP) is 1.06. The van der Waals surface area contributed by atoms with Gasteiger partial charge < -0.3 is 20.5 Å². The van der Waals surface area contributed by atoms with Crippen LogP contribution >= 0.6 is 0 Å². The number of rotatable bonds is 13. The Morgan fingerprint density at radius 2 is 1.89 bits per heavy atom. The first kappa shape index (κ1) is 18.4. The summed E-state index contributed by atoms with van der Waals surface area (Å²) >= 11 is 0. The lowest BCUT2D eigenvalue weighted by Crippen LogP contribution is -2.37. The van der Waals surface area contributed by atoms with Crippen molar-refractivity contribution in [1.82, 2.24) is 10.6 Å². The Hall–Kier alpha value is -0.650. The summed E-state index contributed by atoms with van der Waals surface area (Å²) in [6.07, 6.45) is 6.87. The molecule has 1 atom stereocenters. The van der Waals surface area contributed by atoms with Crippen LogP contribution in [-0.2, 0) is 9.53 Å². The van der Waals surface area contributed by atoms with E-state index in [0.717, 1.165) is 6.42 Å². The number of ether oxygens (including phenoxy) is 1. The van der Waals surface area contributed by atoms with Crippen molar-refractivity contribution in [2.75, 3.05) is 33.4 Å². The summed E-state index contributed by atoms with van der Waals surface area (Å²) in [5, 5.41) is 15.0. The minimum atomic E-state index is -0.551. The Bertz CT molecular complexity index is 213. The minimum absolute atomic E-state index is 0.0832. The van der Waals surface area contributed by atoms with E-state index in [9.17, 15) is 9.90 Å². The van der Waals surface area contributed by atoms with E-state index in [4.69, 9.17) is 4.74 Å². The summed E-state index contributed by atoms with van der Waals surface area (Å²) in [4.78, 5) is 10.9. The monoisotopic (exact) mass is 274 g/mol. The summed E-state index contributed by atoms with van der Waals surface area (Å²) in [6, 6.07) is 0. The van der Waals surface area contributed by atoms with Gasteiger partial charge in [-0.15, -0.1) is 0 Å². The first-order chi connectivity index (χ1) is 9.20. The molecule has 5 heteroatoms. The highest BCUT2D eigenvalue weighted by atomic mass is 16.5. The zero-order chi connectivity index (χ0) is 14.3. The second kappa shape index (κ2) is 13.8. The third kappa shape index (κ3) is 13.6. The number of likely N-dealkylation sites (N-methyl/N-ethyl adjacent to an activating group) is 1. The molecule has 3 N–H and O–H groups in total. The largest absolute Gasteiger partial charge is 0.389 e. The van der Waals surface area contributed by atoms with E-state index >= 15 is 0 Å². The van der Waals surface area contributed by atoms with Gasteiger partial charge in [-0.3, -0.25) is 4.79 Å². The molecule has 0 bridgehead atoms. The number of amides is 1. The maximum absolute atomic E-state index is 10.9. The van der Waals surface area contributed by atoms with Crippen molar-refractivity contribution >= 4 is 5.91 Å². The zero-order valence-electron chi connectivity index (χ0n) is 12.4. The summed E-state index contributed by atoms with van der Waals surface area (Å²) in [5.41, 5.74) is 0. The number of unbranched alkanes of at least 4 members (excludes halogenated alkanes) is 5. The van der Waals surface area contributed by atoms with E-state index < -0.39 is 6.10 Å². The Balaban J connectivity index is 3.20. The van der Waals surface area contributed by atoms with Crippen molar-refractivity contribution in [3.8, 4) is 0 Å². The fourth-order valence-corrected chi connectivity index (χ4v) is 1.70. The molecular weight excluding hydrogens is 244 g/mol. The molecule has 0 saturated carbocycles. The van der Waals surface area contributed by atoms with Crippen LogP contribution in [0.5, 0.6) is 0 Å². The van der Waals surface area contributed by atoms with E-state index in [2.05, 4.69) is 17.6 Å². The van der Waals surface area contributed by atoms with Gasteiger partial charge >= 0.3 is 0 Å². The molecule has 0 saturated heterocycles. The maximum atomic E-state index is 10.9. The highest BCUT2D eigenvalue weighted by Crippen LogP contribution is 2.04. The van der Waals surface area contributed by atoms with E-state index in [1.54, 1.807) is 7.05 Å². The number of nitrogens with one attached hydrogen (secondary N) is 2. The Kier molecular flexibility index (Phi) is 13.3. The molecule has 0 aliphatic heterocycles. The van der Waals surface area contributed by atoms with E-state index in [-0.39, 0.29) is 12.5 Å². The van der Waals surface area contributed by atoms with E-state index in [1.165, 1.54) is 32.1 Å². The van der Waals surface area contributed by atoms with Gasteiger partial charge in [0.1, 0.15) is 0 Å². The molecule has 0 aromatic rings. The summed E-state index contributed by atoms with van der Waals surface area (Å²) in [7, 11) is 1.59. The van der Waals surface area contributed by atoms with Gasteiger partial charge in [-0.2, -0.15) is 0 Å². The molecule has 1 amide bonds. The number of carbonyl (C=O) groups is 1. The molecule has 0 heterocycles. The van der Waals surface area contributed by atoms with Crippen LogP contribution in [0.25, 0.3) is 0 Å². The molecule has 0 radical (unpaired) electrons. The quantitative estimate of drug-likeness (QED) is 0.439. The van der Waals surface area contributed by atoms with Gasteiger partial charge in [-0.05, 0) is 6.42 Å². The van der Waals surface area contributed by atoms with Gasteiger partial charge in [0.25, 0.3) is 0 Å². The van der Waals surface area contributed by atoms with Crippen LogP contribution in [0.4, 0.5) is 0 Å². The molecular formula is C14H30N2O3. The van der Waals surface area contributed by atoms with Crippen molar-refractivity contribution in [3.63, 3.8) is 0 Å².